The first-order valence-electron chi connectivity index (χ1n) is 3.82. The van der Waals surface area contributed by atoms with E-state index in [-0.39, 0.29) is 12.1 Å². The molecule has 4 heteroatoms. The van der Waals surface area contributed by atoms with Crippen molar-refractivity contribution in [2.45, 2.75) is 26.9 Å². The van der Waals surface area contributed by atoms with Gasteiger partial charge in [0.05, 0.1) is 6.10 Å². The number of hydrogen-bond acceptors (Lipinski definition) is 3. The molecule has 1 aromatic rings. The zero-order valence-corrected chi connectivity index (χ0v) is 7.42. The first-order chi connectivity index (χ1) is 5.59. The summed E-state index contributed by atoms with van der Waals surface area (Å²) in [4.78, 5) is 11.2. The van der Waals surface area contributed by atoms with Crippen LogP contribution in [0.1, 0.15) is 30.0 Å². The summed E-state index contributed by atoms with van der Waals surface area (Å²) >= 11 is 0. The van der Waals surface area contributed by atoms with Crippen LogP contribution in [0.15, 0.2) is 6.07 Å². The molecule has 0 aliphatic heterocycles. The number of aromatic nitrogens is 2. The third-order valence-corrected chi connectivity index (χ3v) is 1.26. The Morgan fingerprint density at radius 3 is 2.75 bits per heavy atom. The van der Waals surface area contributed by atoms with Crippen molar-refractivity contribution in [1.82, 2.24) is 10.2 Å². The van der Waals surface area contributed by atoms with Crippen molar-refractivity contribution in [2.24, 2.45) is 0 Å². The van der Waals surface area contributed by atoms with E-state index in [1.165, 1.54) is 0 Å². The molecule has 4 nitrogen and oxygen atoms in total. The molecule has 1 aromatic heterocycles. The van der Waals surface area contributed by atoms with Crippen LogP contribution in [0.4, 0.5) is 0 Å². The third-order valence-electron chi connectivity index (χ3n) is 1.26. The molecular formula is C8H12N2O2. The van der Waals surface area contributed by atoms with E-state index in [9.17, 15) is 4.79 Å². The molecule has 0 aliphatic rings. The molecule has 12 heavy (non-hydrogen) atoms. The molecule has 0 spiro atoms. The molecule has 1 N–H and O–H groups in total. The highest BCUT2D eigenvalue weighted by atomic mass is 16.5. The van der Waals surface area contributed by atoms with Crippen molar-refractivity contribution in [3.63, 3.8) is 0 Å². The van der Waals surface area contributed by atoms with Crippen LogP contribution in [0, 0.1) is 6.92 Å². The van der Waals surface area contributed by atoms with Gasteiger partial charge in [0.15, 0.2) is 5.69 Å². The molecule has 0 aromatic carbocycles. The number of hydrogen-bond donors (Lipinski definition) is 1. The second-order valence-electron chi connectivity index (χ2n) is 2.89. The van der Waals surface area contributed by atoms with E-state index in [1.54, 1.807) is 19.9 Å². The van der Waals surface area contributed by atoms with Gasteiger partial charge >= 0.3 is 5.97 Å². The van der Waals surface area contributed by atoms with Crippen LogP contribution >= 0.6 is 0 Å². The largest absolute Gasteiger partial charge is 0.458 e. The number of rotatable bonds is 2. The SMILES string of the molecule is Cc1cc(C(=O)OC(C)C)n[nH]1. The normalized spacial score (nSPS) is 10.3. The number of aromatic amines is 1. The van der Waals surface area contributed by atoms with Crippen LogP contribution in [0.5, 0.6) is 0 Å². The summed E-state index contributed by atoms with van der Waals surface area (Å²) in [6.45, 7) is 5.44. The van der Waals surface area contributed by atoms with Crippen LogP contribution in [0.3, 0.4) is 0 Å². The number of ether oxygens (including phenoxy) is 1. The summed E-state index contributed by atoms with van der Waals surface area (Å²) in [5.41, 5.74) is 1.19. The summed E-state index contributed by atoms with van der Waals surface area (Å²) < 4.78 is 4.93. The fourth-order valence-corrected chi connectivity index (χ4v) is 0.797. The maximum absolute atomic E-state index is 11.2. The molecule has 0 atom stereocenters. The van der Waals surface area contributed by atoms with Gasteiger partial charge in [0, 0.05) is 5.69 Å². The van der Waals surface area contributed by atoms with Crippen molar-refractivity contribution in [1.29, 1.82) is 0 Å². The van der Waals surface area contributed by atoms with Crippen molar-refractivity contribution < 1.29 is 9.53 Å². The lowest BCUT2D eigenvalue weighted by atomic mass is 10.4. The van der Waals surface area contributed by atoms with Gasteiger partial charge in [0.1, 0.15) is 0 Å². The van der Waals surface area contributed by atoms with E-state index < -0.39 is 0 Å². The Morgan fingerprint density at radius 1 is 1.67 bits per heavy atom. The van der Waals surface area contributed by atoms with Gasteiger partial charge in [-0.05, 0) is 26.8 Å². The van der Waals surface area contributed by atoms with Crippen LogP contribution in [0.2, 0.25) is 0 Å². The summed E-state index contributed by atoms with van der Waals surface area (Å²) in [5.74, 6) is -0.380. The fraction of sp³-hybridized carbons (Fsp3) is 0.500. The molecule has 0 fully saturated rings. The third kappa shape index (κ3) is 2.08. The highest BCUT2D eigenvalue weighted by Crippen LogP contribution is 2.01. The number of H-pyrrole nitrogens is 1. The lowest BCUT2D eigenvalue weighted by Gasteiger charge is -2.04. The Balaban J connectivity index is 2.65. The first kappa shape index (κ1) is 8.77. The van der Waals surface area contributed by atoms with E-state index in [0.717, 1.165) is 5.69 Å². The molecule has 0 saturated carbocycles. The summed E-state index contributed by atoms with van der Waals surface area (Å²) in [7, 11) is 0. The first-order valence-corrected chi connectivity index (χ1v) is 3.82. The average molecular weight is 168 g/mol. The number of aryl methyl sites for hydroxylation is 1. The van der Waals surface area contributed by atoms with Gasteiger partial charge in [-0.25, -0.2) is 4.79 Å². The van der Waals surface area contributed by atoms with E-state index in [0.29, 0.717) is 5.69 Å². The Bertz CT molecular complexity index is 278. The second-order valence-corrected chi connectivity index (χ2v) is 2.89. The Labute approximate surface area is 70.9 Å². The van der Waals surface area contributed by atoms with Crippen LogP contribution < -0.4 is 0 Å². The molecule has 0 aliphatic carbocycles. The molecule has 0 radical (unpaired) electrons. The van der Waals surface area contributed by atoms with Gasteiger partial charge < -0.3 is 4.74 Å². The number of nitrogens with one attached hydrogen (secondary N) is 1. The number of esters is 1. The zero-order chi connectivity index (χ0) is 9.14. The minimum atomic E-state index is -0.380. The minimum absolute atomic E-state index is 0.102. The van der Waals surface area contributed by atoms with Crippen LogP contribution in [0.25, 0.3) is 0 Å². The second kappa shape index (κ2) is 3.38. The van der Waals surface area contributed by atoms with Crippen molar-refractivity contribution in [3.8, 4) is 0 Å². The number of carbonyl (C=O) groups is 1. The Hall–Kier alpha value is -1.32. The van der Waals surface area contributed by atoms with Crippen molar-refractivity contribution in [3.05, 3.63) is 17.5 Å². The average Bonchev–Trinajstić information content (AvgIpc) is 2.34. The highest BCUT2D eigenvalue weighted by Gasteiger charge is 2.11. The molecule has 0 bridgehead atoms. The molecular weight excluding hydrogens is 156 g/mol. The minimum Gasteiger partial charge on any atom is -0.458 e. The number of carbonyl (C=O) groups excluding carboxylic acids is 1. The molecule has 1 rings (SSSR count). The lowest BCUT2D eigenvalue weighted by Crippen LogP contribution is -2.11. The smallest absolute Gasteiger partial charge is 0.359 e. The van der Waals surface area contributed by atoms with E-state index in [1.807, 2.05) is 6.92 Å². The van der Waals surface area contributed by atoms with Gasteiger partial charge in [-0.1, -0.05) is 0 Å². The summed E-state index contributed by atoms with van der Waals surface area (Å²) in [6.07, 6.45) is -0.102. The van der Waals surface area contributed by atoms with Gasteiger partial charge in [-0.3, -0.25) is 5.10 Å². The zero-order valence-electron chi connectivity index (χ0n) is 7.42. The monoisotopic (exact) mass is 168 g/mol. The van der Waals surface area contributed by atoms with Gasteiger partial charge in [-0.2, -0.15) is 5.10 Å². The summed E-state index contributed by atoms with van der Waals surface area (Å²) in [5, 5.41) is 6.44. The maximum atomic E-state index is 11.2. The molecule has 0 amide bonds. The van der Waals surface area contributed by atoms with Crippen molar-refractivity contribution >= 4 is 5.97 Å². The molecule has 0 unspecified atom stereocenters. The van der Waals surface area contributed by atoms with E-state index in [4.69, 9.17) is 4.74 Å². The highest BCUT2D eigenvalue weighted by molar-refractivity contribution is 5.87. The predicted octanol–water partition coefficient (Wildman–Crippen LogP) is 1.28. The van der Waals surface area contributed by atoms with Crippen LogP contribution in [-0.4, -0.2) is 22.3 Å². The van der Waals surface area contributed by atoms with Gasteiger partial charge in [-0.15, -0.1) is 0 Å². The fourth-order valence-electron chi connectivity index (χ4n) is 0.797. The number of nitrogens with zero attached hydrogens (tertiary/aromatic N) is 1. The van der Waals surface area contributed by atoms with E-state index in [2.05, 4.69) is 10.2 Å². The Morgan fingerprint density at radius 2 is 2.33 bits per heavy atom. The van der Waals surface area contributed by atoms with Gasteiger partial charge in [0.2, 0.25) is 0 Å². The standard InChI is InChI=1S/C8H12N2O2/c1-5(2)12-8(11)7-4-6(3)9-10-7/h4-5H,1-3H3,(H,9,10). The lowest BCUT2D eigenvalue weighted by molar-refractivity contribution is 0.0371. The molecule has 0 saturated heterocycles. The van der Waals surface area contributed by atoms with E-state index >= 15 is 0 Å². The van der Waals surface area contributed by atoms with Gasteiger partial charge in [0.25, 0.3) is 0 Å². The van der Waals surface area contributed by atoms with Crippen molar-refractivity contribution in [2.75, 3.05) is 0 Å². The molecule has 1 heterocycles. The Kier molecular flexibility index (Phi) is 2.47. The quantitative estimate of drug-likeness (QED) is 0.677. The topological polar surface area (TPSA) is 55.0 Å². The predicted molar refractivity (Wildman–Crippen MR) is 43.9 cm³/mol. The summed E-state index contributed by atoms with van der Waals surface area (Å²) in [6, 6.07) is 1.66. The van der Waals surface area contributed by atoms with Crippen LogP contribution in [-0.2, 0) is 4.74 Å². The molecule has 66 valence electrons. The maximum Gasteiger partial charge on any atom is 0.359 e.